The van der Waals surface area contributed by atoms with E-state index in [0.29, 0.717) is 0 Å². The van der Waals surface area contributed by atoms with Gasteiger partial charge in [0.05, 0.1) is 5.92 Å². The highest BCUT2D eigenvalue weighted by Crippen LogP contribution is 2.11. The second-order valence-corrected chi connectivity index (χ2v) is 3.27. The summed E-state index contributed by atoms with van der Waals surface area (Å²) in [6, 6.07) is 0. The Labute approximate surface area is 74.3 Å². The van der Waals surface area contributed by atoms with E-state index < -0.39 is 0 Å². The van der Waals surface area contributed by atoms with Crippen LogP contribution in [0, 0.1) is 5.92 Å². The summed E-state index contributed by atoms with van der Waals surface area (Å²) in [6.07, 6.45) is 3.96. The number of carbonyl (C=O) groups is 2. The molecular weight excluding hydrogens is 152 g/mol. The maximum Gasteiger partial charge on any atom is 0.140 e. The summed E-state index contributed by atoms with van der Waals surface area (Å²) in [4.78, 5) is 21.9. The van der Waals surface area contributed by atoms with Crippen molar-refractivity contribution in [2.45, 2.75) is 46.5 Å². The van der Waals surface area contributed by atoms with E-state index in [-0.39, 0.29) is 17.5 Å². The van der Waals surface area contributed by atoms with E-state index in [1.165, 1.54) is 13.8 Å². The lowest BCUT2D eigenvalue weighted by atomic mass is 9.94. The van der Waals surface area contributed by atoms with Gasteiger partial charge in [0.25, 0.3) is 0 Å². The second kappa shape index (κ2) is 5.92. The Morgan fingerprint density at radius 3 is 1.92 bits per heavy atom. The molecule has 70 valence electrons. The molecule has 0 aliphatic heterocycles. The topological polar surface area (TPSA) is 34.1 Å². The summed E-state index contributed by atoms with van der Waals surface area (Å²) in [5.74, 6) is -0.311. The number of hydrogen-bond donors (Lipinski definition) is 0. The summed E-state index contributed by atoms with van der Waals surface area (Å²) in [5, 5.41) is 0. The minimum absolute atomic E-state index is 0.0126. The highest BCUT2D eigenvalue weighted by atomic mass is 16.1. The summed E-state index contributed by atoms with van der Waals surface area (Å²) in [7, 11) is 0. The maximum absolute atomic E-state index is 11.0. The number of unbranched alkanes of at least 4 members (excludes halogenated alkanes) is 2. The lowest BCUT2D eigenvalue weighted by molar-refractivity contribution is -0.130. The van der Waals surface area contributed by atoms with Gasteiger partial charge in [-0.15, -0.1) is 0 Å². The molecule has 0 N–H and O–H groups in total. The maximum atomic E-state index is 11.0. The molecule has 0 saturated carbocycles. The van der Waals surface area contributed by atoms with Crippen LogP contribution in [0.25, 0.3) is 0 Å². The molecule has 0 aromatic heterocycles. The quantitative estimate of drug-likeness (QED) is 0.453. The second-order valence-electron chi connectivity index (χ2n) is 3.27. The normalized spacial score (nSPS) is 10.3. The Morgan fingerprint density at radius 1 is 1.08 bits per heavy atom. The number of carbonyl (C=O) groups excluding carboxylic acids is 2. The summed E-state index contributed by atoms with van der Waals surface area (Å²) in [5.41, 5.74) is 0. The van der Waals surface area contributed by atoms with E-state index in [4.69, 9.17) is 0 Å². The van der Waals surface area contributed by atoms with Crippen LogP contribution in [0.2, 0.25) is 0 Å². The lowest BCUT2D eigenvalue weighted by Crippen LogP contribution is -2.19. The largest absolute Gasteiger partial charge is 0.299 e. The molecule has 0 saturated heterocycles. The number of hydrogen-bond acceptors (Lipinski definition) is 2. The third-order valence-electron chi connectivity index (χ3n) is 2.08. The zero-order valence-corrected chi connectivity index (χ0v) is 8.22. The SMILES string of the molecule is CCCCCC(C(C)=O)C(C)=O. The van der Waals surface area contributed by atoms with Gasteiger partial charge in [-0.3, -0.25) is 9.59 Å². The van der Waals surface area contributed by atoms with Gasteiger partial charge in [0.2, 0.25) is 0 Å². The summed E-state index contributed by atoms with van der Waals surface area (Å²) >= 11 is 0. The molecule has 12 heavy (non-hydrogen) atoms. The first-order valence-electron chi connectivity index (χ1n) is 4.60. The molecule has 0 atom stereocenters. The van der Waals surface area contributed by atoms with Crippen molar-refractivity contribution in [3.63, 3.8) is 0 Å². The molecule has 2 nitrogen and oxygen atoms in total. The molecular formula is C10H18O2. The van der Waals surface area contributed by atoms with Crippen molar-refractivity contribution in [2.75, 3.05) is 0 Å². The first kappa shape index (κ1) is 11.3. The monoisotopic (exact) mass is 170 g/mol. The predicted octanol–water partition coefficient (Wildman–Crippen LogP) is 2.36. The van der Waals surface area contributed by atoms with Crippen LogP contribution in [0.15, 0.2) is 0 Å². The molecule has 0 rings (SSSR count). The van der Waals surface area contributed by atoms with Crippen LogP contribution in [0.1, 0.15) is 46.5 Å². The molecule has 2 heteroatoms. The van der Waals surface area contributed by atoms with E-state index >= 15 is 0 Å². The van der Waals surface area contributed by atoms with Crippen LogP contribution in [0.4, 0.5) is 0 Å². The van der Waals surface area contributed by atoms with Gasteiger partial charge in [0.15, 0.2) is 0 Å². The summed E-state index contributed by atoms with van der Waals surface area (Å²) in [6.45, 7) is 5.10. The zero-order chi connectivity index (χ0) is 9.56. The molecule has 0 aliphatic carbocycles. The van der Waals surface area contributed by atoms with Gasteiger partial charge in [-0.05, 0) is 20.3 Å². The molecule has 0 fully saturated rings. The minimum atomic E-state index is -0.337. The van der Waals surface area contributed by atoms with Gasteiger partial charge in [-0.1, -0.05) is 26.2 Å². The first-order chi connectivity index (χ1) is 5.59. The van der Waals surface area contributed by atoms with Crippen LogP contribution in [0.5, 0.6) is 0 Å². The molecule has 0 aromatic rings. The lowest BCUT2D eigenvalue weighted by Gasteiger charge is -2.08. The predicted molar refractivity (Wildman–Crippen MR) is 49.0 cm³/mol. The van der Waals surface area contributed by atoms with E-state index in [9.17, 15) is 9.59 Å². The van der Waals surface area contributed by atoms with Gasteiger partial charge < -0.3 is 0 Å². The number of ketones is 2. The Kier molecular flexibility index (Phi) is 5.60. The van der Waals surface area contributed by atoms with Gasteiger partial charge >= 0.3 is 0 Å². The summed E-state index contributed by atoms with van der Waals surface area (Å²) < 4.78 is 0. The molecule has 0 unspecified atom stereocenters. The Hall–Kier alpha value is -0.660. The molecule has 0 radical (unpaired) electrons. The number of Topliss-reactive ketones (excluding diaryl/α,β-unsaturated/α-hetero) is 2. The van der Waals surface area contributed by atoms with Crippen molar-refractivity contribution in [1.29, 1.82) is 0 Å². The van der Waals surface area contributed by atoms with E-state index in [1.54, 1.807) is 0 Å². The standard InChI is InChI=1S/C10H18O2/c1-4-5-6-7-10(8(2)11)9(3)12/h10H,4-7H2,1-3H3. The fourth-order valence-corrected chi connectivity index (χ4v) is 1.29. The molecule has 0 aromatic carbocycles. The smallest absolute Gasteiger partial charge is 0.140 e. The van der Waals surface area contributed by atoms with Gasteiger partial charge in [-0.25, -0.2) is 0 Å². The van der Waals surface area contributed by atoms with Crippen LogP contribution < -0.4 is 0 Å². The van der Waals surface area contributed by atoms with Crippen LogP contribution in [-0.2, 0) is 9.59 Å². The van der Waals surface area contributed by atoms with Crippen molar-refractivity contribution in [2.24, 2.45) is 5.92 Å². The Balaban J connectivity index is 3.80. The Bertz CT molecular complexity index is 147. The van der Waals surface area contributed by atoms with Gasteiger partial charge in [0.1, 0.15) is 11.6 Å². The van der Waals surface area contributed by atoms with Crippen molar-refractivity contribution in [1.82, 2.24) is 0 Å². The fraction of sp³-hybridized carbons (Fsp3) is 0.800. The van der Waals surface area contributed by atoms with Crippen molar-refractivity contribution >= 4 is 11.6 Å². The third-order valence-corrected chi connectivity index (χ3v) is 2.08. The van der Waals surface area contributed by atoms with Crippen LogP contribution in [0.3, 0.4) is 0 Å². The Morgan fingerprint density at radius 2 is 1.58 bits per heavy atom. The minimum Gasteiger partial charge on any atom is -0.299 e. The molecule has 0 spiro atoms. The zero-order valence-electron chi connectivity index (χ0n) is 8.22. The number of rotatable bonds is 6. The third kappa shape index (κ3) is 4.27. The van der Waals surface area contributed by atoms with Crippen molar-refractivity contribution in [3.05, 3.63) is 0 Å². The van der Waals surface area contributed by atoms with Crippen LogP contribution >= 0.6 is 0 Å². The molecule has 0 heterocycles. The first-order valence-corrected chi connectivity index (χ1v) is 4.60. The van der Waals surface area contributed by atoms with Gasteiger partial charge in [0, 0.05) is 0 Å². The van der Waals surface area contributed by atoms with E-state index in [0.717, 1.165) is 25.7 Å². The average molecular weight is 170 g/mol. The van der Waals surface area contributed by atoms with Crippen molar-refractivity contribution < 1.29 is 9.59 Å². The highest BCUT2D eigenvalue weighted by Gasteiger charge is 2.17. The molecule has 0 aliphatic rings. The van der Waals surface area contributed by atoms with Crippen LogP contribution in [-0.4, -0.2) is 11.6 Å². The average Bonchev–Trinajstić information content (AvgIpc) is 1.96. The van der Waals surface area contributed by atoms with E-state index in [1.807, 2.05) is 0 Å². The molecule has 0 amide bonds. The molecule has 0 bridgehead atoms. The van der Waals surface area contributed by atoms with Gasteiger partial charge in [-0.2, -0.15) is 0 Å². The highest BCUT2D eigenvalue weighted by molar-refractivity contribution is 6.00. The van der Waals surface area contributed by atoms with Crippen molar-refractivity contribution in [3.8, 4) is 0 Å². The fourth-order valence-electron chi connectivity index (χ4n) is 1.29. The van der Waals surface area contributed by atoms with E-state index in [2.05, 4.69) is 6.92 Å².